The largest absolute Gasteiger partial charge is 0.392 e. The molecule has 1 unspecified atom stereocenters. The summed E-state index contributed by atoms with van der Waals surface area (Å²) in [5.41, 5.74) is 5.73. The molecule has 3 N–H and O–H groups in total. The summed E-state index contributed by atoms with van der Waals surface area (Å²) in [4.78, 5) is 12.0. The summed E-state index contributed by atoms with van der Waals surface area (Å²) in [6.45, 7) is 1.85. The second-order valence-corrected chi connectivity index (χ2v) is 4.34. The molecule has 92 valence electrons. The van der Waals surface area contributed by atoms with Gasteiger partial charge in [0.15, 0.2) is 0 Å². The van der Waals surface area contributed by atoms with Crippen LogP contribution in [0.1, 0.15) is 23.7 Å². The van der Waals surface area contributed by atoms with Gasteiger partial charge in [-0.1, -0.05) is 30.7 Å². The Hall–Kier alpha value is -1.20. The van der Waals surface area contributed by atoms with Gasteiger partial charge in [-0.05, 0) is 24.6 Å². The van der Waals surface area contributed by atoms with Gasteiger partial charge >= 0.3 is 0 Å². The van der Waals surface area contributed by atoms with E-state index in [1.54, 1.807) is 0 Å². The van der Waals surface area contributed by atoms with E-state index in [9.17, 15) is 9.18 Å². The molecule has 0 radical (unpaired) electrons. The minimum absolute atomic E-state index is 0.0963. The summed E-state index contributed by atoms with van der Waals surface area (Å²) < 4.78 is 12.9. The summed E-state index contributed by atoms with van der Waals surface area (Å²) in [6.07, 6.45) is 0.593. The van der Waals surface area contributed by atoms with Crippen molar-refractivity contribution >= 4 is 34.7 Å². The van der Waals surface area contributed by atoms with E-state index >= 15 is 0 Å². The van der Waals surface area contributed by atoms with E-state index < -0.39 is 5.82 Å². The van der Waals surface area contributed by atoms with Gasteiger partial charge in [0, 0.05) is 5.56 Å². The predicted molar refractivity (Wildman–Crippen MR) is 69.7 cm³/mol. The number of nitrogens with one attached hydrogen (secondary N) is 1. The first-order valence-electron chi connectivity index (χ1n) is 5.01. The Morgan fingerprint density at radius 1 is 1.65 bits per heavy atom. The smallest absolute Gasteiger partial charge is 0.251 e. The van der Waals surface area contributed by atoms with E-state index in [1.165, 1.54) is 12.1 Å². The lowest BCUT2D eigenvalue weighted by molar-refractivity contribution is 0.0946. The van der Waals surface area contributed by atoms with Crippen LogP contribution in [0.2, 0.25) is 5.02 Å². The third-order valence-corrected chi connectivity index (χ3v) is 2.81. The van der Waals surface area contributed by atoms with Crippen molar-refractivity contribution in [3.8, 4) is 0 Å². The maximum atomic E-state index is 12.9. The van der Waals surface area contributed by atoms with Gasteiger partial charge in [-0.2, -0.15) is 0 Å². The normalized spacial score (nSPS) is 11.9. The molecule has 0 saturated heterocycles. The molecular formula is C11H12ClFN2OS. The molecule has 0 spiro atoms. The minimum Gasteiger partial charge on any atom is -0.392 e. The number of amides is 1. The Kier molecular flexibility index (Phi) is 4.84. The molecule has 1 amide bonds. The van der Waals surface area contributed by atoms with Crippen molar-refractivity contribution in [2.45, 2.75) is 19.4 Å². The second-order valence-electron chi connectivity index (χ2n) is 3.47. The number of benzene rings is 1. The number of nitrogens with two attached hydrogens (primary N) is 1. The first kappa shape index (κ1) is 13.9. The highest BCUT2D eigenvalue weighted by Crippen LogP contribution is 2.16. The molecule has 0 heterocycles. The van der Waals surface area contributed by atoms with Crippen molar-refractivity contribution in [2.24, 2.45) is 5.73 Å². The maximum Gasteiger partial charge on any atom is 0.251 e. The number of carbonyl (C=O) groups excluding carboxylic acids is 1. The molecule has 0 aliphatic heterocycles. The van der Waals surface area contributed by atoms with Crippen LogP contribution in [0.4, 0.5) is 4.39 Å². The molecule has 0 fully saturated rings. The van der Waals surface area contributed by atoms with E-state index in [1.807, 2.05) is 6.92 Å². The number of rotatable bonds is 4. The zero-order chi connectivity index (χ0) is 13.0. The average molecular weight is 275 g/mol. The van der Waals surface area contributed by atoms with Crippen molar-refractivity contribution < 1.29 is 9.18 Å². The molecule has 1 aromatic carbocycles. The first-order chi connectivity index (χ1) is 7.95. The fourth-order valence-corrected chi connectivity index (χ4v) is 1.66. The fourth-order valence-electron chi connectivity index (χ4n) is 1.25. The maximum absolute atomic E-state index is 12.9. The summed E-state index contributed by atoms with van der Waals surface area (Å²) >= 11 is 10.4. The van der Waals surface area contributed by atoms with E-state index in [0.29, 0.717) is 6.42 Å². The van der Waals surface area contributed by atoms with Crippen LogP contribution in [-0.2, 0) is 0 Å². The highest BCUT2D eigenvalue weighted by atomic mass is 35.5. The summed E-state index contributed by atoms with van der Waals surface area (Å²) in [5, 5.41) is 2.55. The van der Waals surface area contributed by atoms with Crippen molar-refractivity contribution in [1.29, 1.82) is 0 Å². The molecule has 0 saturated carbocycles. The Labute approximate surface area is 109 Å². The van der Waals surface area contributed by atoms with Gasteiger partial charge in [-0.15, -0.1) is 0 Å². The van der Waals surface area contributed by atoms with Gasteiger partial charge in [-0.3, -0.25) is 4.79 Å². The molecule has 1 rings (SSSR count). The molecule has 0 aromatic heterocycles. The minimum atomic E-state index is -0.565. The van der Waals surface area contributed by atoms with Crippen molar-refractivity contribution in [1.82, 2.24) is 5.32 Å². The SMILES string of the molecule is CCC(NC(=O)c1ccc(F)c(Cl)c1)C(N)=S. The molecule has 6 heteroatoms. The molecule has 17 heavy (non-hydrogen) atoms. The number of halogens is 2. The lowest BCUT2D eigenvalue weighted by atomic mass is 10.1. The average Bonchev–Trinajstić information content (AvgIpc) is 2.28. The summed E-state index contributed by atoms with van der Waals surface area (Å²) in [5.74, 6) is -0.948. The van der Waals surface area contributed by atoms with Gasteiger partial charge in [0.1, 0.15) is 5.82 Å². The Bertz CT molecular complexity index is 453. The van der Waals surface area contributed by atoms with E-state index in [2.05, 4.69) is 5.32 Å². The molecule has 1 atom stereocenters. The van der Waals surface area contributed by atoms with Crippen LogP contribution >= 0.6 is 23.8 Å². The zero-order valence-electron chi connectivity index (χ0n) is 9.17. The Morgan fingerprint density at radius 3 is 2.76 bits per heavy atom. The molecule has 0 aliphatic rings. The van der Waals surface area contributed by atoms with Gasteiger partial charge in [0.05, 0.1) is 16.1 Å². The summed E-state index contributed by atoms with van der Waals surface area (Å²) in [6, 6.07) is 3.38. The van der Waals surface area contributed by atoms with Crippen LogP contribution in [0.3, 0.4) is 0 Å². The van der Waals surface area contributed by atoms with Crippen LogP contribution in [0.15, 0.2) is 18.2 Å². The third kappa shape index (κ3) is 3.64. The summed E-state index contributed by atoms with van der Waals surface area (Å²) in [7, 11) is 0. The van der Waals surface area contributed by atoms with Crippen LogP contribution in [0.25, 0.3) is 0 Å². The van der Waals surface area contributed by atoms with Gasteiger partial charge in [0.25, 0.3) is 5.91 Å². The van der Waals surface area contributed by atoms with Gasteiger partial charge < -0.3 is 11.1 Å². The molecule has 3 nitrogen and oxygen atoms in total. The van der Waals surface area contributed by atoms with E-state index in [4.69, 9.17) is 29.6 Å². The molecule has 0 aliphatic carbocycles. The van der Waals surface area contributed by atoms with Crippen LogP contribution < -0.4 is 11.1 Å². The first-order valence-corrected chi connectivity index (χ1v) is 5.79. The molecule has 1 aromatic rings. The third-order valence-electron chi connectivity index (χ3n) is 2.24. The van der Waals surface area contributed by atoms with Crippen molar-refractivity contribution in [3.63, 3.8) is 0 Å². The number of hydrogen-bond acceptors (Lipinski definition) is 2. The van der Waals surface area contributed by atoms with Crippen molar-refractivity contribution in [2.75, 3.05) is 0 Å². The highest BCUT2D eigenvalue weighted by Gasteiger charge is 2.15. The quantitative estimate of drug-likeness (QED) is 0.828. The monoisotopic (exact) mass is 274 g/mol. The topological polar surface area (TPSA) is 55.1 Å². The fraction of sp³-hybridized carbons (Fsp3) is 0.273. The number of carbonyl (C=O) groups is 1. The standard InChI is InChI=1S/C11H12ClFN2OS/c1-2-9(10(14)17)15-11(16)6-3-4-8(13)7(12)5-6/h3-5,9H,2H2,1H3,(H2,14,17)(H,15,16). The lowest BCUT2D eigenvalue weighted by Crippen LogP contribution is -2.43. The van der Waals surface area contributed by atoms with Crippen LogP contribution in [0.5, 0.6) is 0 Å². The van der Waals surface area contributed by atoms with Gasteiger partial charge in [-0.25, -0.2) is 4.39 Å². The second kappa shape index (κ2) is 5.93. The Balaban J connectivity index is 2.82. The Morgan fingerprint density at radius 2 is 2.29 bits per heavy atom. The van der Waals surface area contributed by atoms with Crippen molar-refractivity contribution in [3.05, 3.63) is 34.6 Å². The van der Waals surface area contributed by atoms with E-state index in [-0.39, 0.29) is 27.5 Å². The number of hydrogen-bond donors (Lipinski definition) is 2. The molecule has 0 bridgehead atoms. The van der Waals surface area contributed by atoms with Gasteiger partial charge in [0.2, 0.25) is 0 Å². The zero-order valence-corrected chi connectivity index (χ0v) is 10.7. The predicted octanol–water partition coefficient (Wildman–Crippen LogP) is 2.27. The van der Waals surface area contributed by atoms with E-state index in [0.717, 1.165) is 6.07 Å². The number of thiocarbonyl (C=S) groups is 1. The highest BCUT2D eigenvalue weighted by molar-refractivity contribution is 7.80. The van der Waals surface area contributed by atoms with Crippen LogP contribution in [0, 0.1) is 5.82 Å². The van der Waals surface area contributed by atoms with Crippen LogP contribution in [-0.4, -0.2) is 16.9 Å². The molecular weight excluding hydrogens is 263 g/mol. The lowest BCUT2D eigenvalue weighted by Gasteiger charge is -2.15.